The largest absolute Gasteiger partial charge is 0.465 e. The van der Waals surface area contributed by atoms with Crippen molar-refractivity contribution in [2.24, 2.45) is 5.92 Å². The summed E-state index contributed by atoms with van der Waals surface area (Å²) in [6.45, 7) is 6.53. The van der Waals surface area contributed by atoms with Crippen molar-refractivity contribution >= 4 is 5.97 Å². The van der Waals surface area contributed by atoms with Crippen molar-refractivity contribution in [3.63, 3.8) is 0 Å². The Labute approximate surface area is 99.8 Å². The zero-order valence-electron chi connectivity index (χ0n) is 10.8. The van der Waals surface area contributed by atoms with Gasteiger partial charge in [-0.05, 0) is 19.8 Å². The first-order valence-corrected chi connectivity index (χ1v) is 6.41. The van der Waals surface area contributed by atoms with E-state index in [1.54, 1.807) is 0 Å². The first kappa shape index (κ1) is 15.0. The molecule has 92 valence electrons. The lowest BCUT2D eigenvalue weighted by molar-refractivity contribution is -0.146. The van der Waals surface area contributed by atoms with Gasteiger partial charge in [0.05, 0.1) is 6.61 Å². The zero-order chi connectivity index (χ0) is 12.2. The third-order valence-corrected chi connectivity index (χ3v) is 2.35. The van der Waals surface area contributed by atoms with Crippen molar-refractivity contribution in [2.75, 3.05) is 6.61 Å². The van der Waals surface area contributed by atoms with Crippen molar-refractivity contribution < 1.29 is 9.53 Å². The number of ether oxygens (including phenoxy) is 1. The van der Waals surface area contributed by atoms with Crippen LogP contribution in [-0.2, 0) is 9.53 Å². The molecule has 0 N–H and O–H groups in total. The molecular weight excluding hydrogens is 200 g/mol. The van der Waals surface area contributed by atoms with Gasteiger partial charge in [0.25, 0.3) is 0 Å². The lowest BCUT2D eigenvalue weighted by Gasteiger charge is -2.08. The summed E-state index contributed by atoms with van der Waals surface area (Å²) < 4.78 is 5.02. The van der Waals surface area contributed by atoms with E-state index < -0.39 is 0 Å². The van der Waals surface area contributed by atoms with E-state index in [1.807, 2.05) is 6.92 Å². The van der Waals surface area contributed by atoms with Gasteiger partial charge in [-0.3, -0.25) is 4.79 Å². The highest BCUT2D eigenvalue weighted by molar-refractivity contribution is 5.75. The van der Waals surface area contributed by atoms with Crippen LogP contribution in [0.2, 0.25) is 0 Å². The fourth-order valence-electron chi connectivity index (χ4n) is 1.36. The lowest BCUT2D eigenvalue weighted by atomic mass is 10.0. The van der Waals surface area contributed by atoms with Crippen LogP contribution in [0.3, 0.4) is 0 Å². The minimum atomic E-state index is -0.211. The number of rotatable bonds is 7. The van der Waals surface area contributed by atoms with Crippen LogP contribution in [0.5, 0.6) is 0 Å². The molecule has 0 aliphatic carbocycles. The summed E-state index contributed by atoms with van der Waals surface area (Å²) in [6, 6.07) is 0. The molecule has 2 heteroatoms. The fourth-order valence-corrected chi connectivity index (χ4v) is 1.36. The summed E-state index contributed by atoms with van der Waals surface area (Å²) in [5.74, 6) is 5.77. The molecule has 16 heavy (non-hydrogen) atoms. The SMILES string of the molecule is CCCCC#CC(CCCC)C(=O)OCC. The maximum atomic E-state index is 11.6. The molecule has 0 bridgehead atoms. The third kappa shape index (κ3) is 7.34. The van der Waals surface area contributed by atoms with Gasteiger partial charge in [-0.15, -0.1) is 5.92 Å². The Bertz CT molecular complexity index is 235. The zero-order valence-corrected chi connectivity index (χ0v) is 10.8. The van der Waals surface area contributed by atoms with Crippen molar-refractivity contribution in [3.05, 3.63) is 0 Å². The van der Waals surface area contributed by atoms with Gasteiger partial charge < -0.3 is 4.74 Å². The normalized spacial score (nSPS) is 11.4. The quantitative estimate of drug-likeness (QED) is 0.375. The third-order valence-electron chi connectivity index (χ3n) is 2.35. The highest BCUT2D eigenvalue weighted by Gasteiger charge is 2.15. The van der Waals surface area contributed by atoms with Crippen LogP contribution in [-0.4, -0.2) is 12.6 Å². The maximum absolute atomic E-state index is 11.6. The summed E-state index contributed by atoms with van der Waals surface area (Å²) in [5, 5.41) is 0. The molecule has 0 spiro atoms. The number of esters is 1. The average Bonchev–Trinajstić information content (AvgIpc) is 2.28. The van der Waals surface area contributed by atoms with Crippen molar-refractivity contribution in [2.45, 2.75) is 59.3 Å². The number of carbonyl (C=O) groups excluding carboxylic acids is 1. The minimum Gasteiger partial charge on any atom is -0.465 e. The van der Waals surface area contributed by atoms with Crippen LogP contribution >= 0.6 is 0 Å². The summed E-state index contributed by atoms with van der Waals surface area (Å²) in [6.07, 6.45) is 6.09. The number of unbranched alkanes of at least 4 members (excludes halogenated alkanes) is 3. The predicted molar refractivity (Wildman–Crippen MR) is 66.9 cm³/mol. The summed E-state index contributed by atoms with van der Waals surface area (Å²) in [4.78, 5) is 11.6. The molecule has 0 aliphatic rings. The van der Waals surface area contributed by atoms with Crippen LogP contribution in [0, 0.1) is 17.8 Å². The summed E-state index contributed by atoms with van der Waals surface area (Å²) in [5.41, 5.74) is 0. The standard InChI is InChI=1S/C14H24O2/c1-4-7-9-10-12-13(11-8-5-2)14(15)16-6-3/h13H,4-9,11H2,1-3H3. The maximum Gasteiger partial charge on any atom is 0.321 e. The molecule has 0 fully saturated rings. The first-order valence-electron chi connectivity index (χ1n) is 6.41. The Balaban J connectivity index is 4.16. The molecule has 0 aliphatic heterocycles. The van der Waals surface area contributed by atoms with Crippen LogP contribution in [0.15, 0.2) is 0 Å². The molecule has 1 atom stereocenters. The molecule has 0 rings (SSSR count). The van der Waals surface area contributed by atoms with Crippen molar-refractivity contribution in [1.82, 2.24) is 0 Å². The van der Waals surface area contributed by atoms with Gasteiger partial charge in [0.1, 0.15) is 5.92 Å². The van der Waals surface area contributed by atoms with Gasteiger partial charge in [-0.1, -0.05) is 39.0 Å². The molecule has 2 nitrogen and oxygen atoms in total. The molecule has 0 amide bonds. The van der Waals surface area contributed by atoms with E-state index in [4.69, 9.17) is 4.74 Å². The van der Waals surface area contributed by atoms with E-state index in [0.29, 0.717) is 6.61 Å². The summed E-state index contributed by atoms with van der Waals surface area (Å²) in [7, 11) is 0. The van der Waals surface area contributed by atoms with E-state index in [9.17, 15) is 4.79 Å². The predicted octanol–water partition coefficient (Wildman–Crippen LogP) is 3.55. The first-order chi connectivity index (χ1) is 7.76. The highest BCUT2D eigenvalue weighted by atomic mass is 16.5. The highest BCUT2D eigenvalue weighted by Crippen LogP contribution is 2.10. The molecule has 0 aromatic heterocycles. The number of hydrogen-bond acceptors (Lipinski definition) is 2. The monoisotopic (exact) mass is 224 g/mol. The summed E-state index contributed by atoms with van der Waals surface area (Å²) >= 11 is 0. The second-order valence-corrected chi connectivity index (χ2v) is 3.87. The molecule has 1 unspecified atom stereocenters. The number of carbonyl (C=O) groups is 1. The average molecular weight is 224 g/mol. The molecular formula is C14H24O2. The van der Waals surface area contributed by atoms with Gasteiger partial charge in [-0.25, -0.2) is 0 Å². The fraction of sp³-hybridized carbons (Fsp3) is 0.786. The van der Waals surface area contributed by atoms with Gasteiger partial charge in [0.2, 0.25) is 0 Å². The van der Waals surface area contributed by atoms with Gasteiger partial charge in [0, 0.05) is 6.42 Å². The second-order valence-electron chi connectivity index (χ2n) is 3.87. The Morgan fingerprint density at radius 2 is 1.88 bits per heavy atom. The molecule has 0 saturated heterocycles. The van der Waals surface area contributed by atoms with Gasteiger partial charge >= 0.3 is 5.97 Å². The Morgan fingerprint density at radius 1 is 1.19 bits per heavy atom. The lowest BCUT2D eigenvalue weighted by Crippen LogP contribution is -2.16. The van der Waals surface area contributed by atoms with Crippen LogP contribution in [0.1, 0.15) is 59.3 Å². The van der Waals surface area contributed by atoms with E-state index in [1.165, 1.54) is 0 Å². The van der Waals surface area contributed by atoms with Crippen LogP contribution in [0.4, 0.5) is 0 Å². The molecule has 0 radical (unpaired) electrons. The Hall–Kier alpha value is -0.970. The molecule has 0 aromatic carbocycles. The minimum absolute atomic E-state index is 0.153. The Kier molecular flexibility index (Phi) is 9.91. The van der Waals surface area contributed by atoms with Crippen molar-refractivity contribution in [3.8, 4) is 11.8 Å². The second kappa shape index (κ2) is 10.5. The van der Waals surface area contributed by atoms with Crippen LogP contribution < -0.4 is 0 Å². The van der Waals surface area contributed by atoms with Crippen molar-refractivity contribution in [1.29, 1.82) is 0 Å². The van der Waals surface area contributed by atoms with E-state index in [-0.39, 0.29) is 11.9 Å². The number of hydrogen-bond donors (Lipinski definition) is 0. The molecule has 0 saturated carbocycles. The Morgan fingerprint density at radius 3 is 2.44 bits per heavy atom. The van der Waals surface area contributed by atoms with Crippen LogP contribution in [0.25, 0.3) is 0 Å². The van der Waals surface area contributed by atoms with E-state index >= 15 is 0 Å². The molecule has 0 heterocycles. The van der Waals surface area contributed by atoms with E-state index in [0.717, 1.165) is 38.5 Å². The molecule has 0 aromatic rings. The van der Waals surface area contributed by atoms with Gasteiger partial charge in [-0.2, -0.15) is 0 Å². The topological polar surface area (TPSA) is 26.3 Å². The van der Waals surface area contributed by atoms with E-state index in [2.05, 4.69) is 25.7 Å². The smallest absolute Gasteiger partial charge is 0.321 e. The van der Waals surface area contributed by atoms with Gasteiger partial charge in [0.15, 0.2) is 0 Å².